The number of hydrogen-bond donors (Lipinski definition) is 0. The summed E-state index contributed by atoms with van der Waals surface area (Å²) in [6.07, 6.45) is 0. The fourth-order valence-corrected chi connectivity index (χ4v) is 2.16. The first-order valence-electron chi connectivity index (χ1n) is 6.88. The molecule has 2 nitrogen and oxygen atoms in total. The maximum atomic E-state index is 13.9. The predicted molar refractivity (Wildman–Crippen MR) is 77.0 cm³/mol. The van der Waals surface area contributed by atoms with Crippen LogP contribution in [0.5, 0.6) is 0 Å². The number of amidine groups is 1. The summed E-state index contributed by atoms with van der Waals surface area (Å²) in [6.45, 7) is 2.49. The molecule has 0 unspecified atom stereocenters. The van der Waals surface area contributed by atoms with E-state index in [1.807, 2.05) is 0 Å². The molecule has 11 heteroatoms. The van der Waals surface area contributed by atoms with Crippen LogP contribution in [-0.4, -0.2) is 12.6 Å². The molecule has 0 bridgehead atoms. The fraction of sp³-hybridized carbons (Fsp3) is 0.125. The van der Waals surface area contributed by atoms with E-state index in [2.05, 4.69) is 16.7 Å². The van der Waals surface area contributed by atoms with Crippen molar-refractivity contribution in [3.05, 3.63) is 69.0 Å². The van der Waals surface area contributed by atoms with E-state index in [1.165, 1.54) is 0 Å². The Labute approximate surface area is 145 Å². The van der Waals surface area contributed by atoms with Crippen LogP contribution in [0.3, 0.4) is 0 Å². The zero-order valence-corrected chi connectivity index (χ0v) is 13.2. The average Bonchev–Trinajstić information content (AvgIpc) is 2.66. The lowest BCUT2D eigenvalue weighted by Gasteiger charge is -2.11. The van der Waals surface area contributed by atoms with Crippen LogP contribution in [0.2, 0.25) is 0 Å². The SMILES string of the molecule is C=N/C(=N\Cc1c(F)c(F)c(F)c(F)c1F)c1c(C)c(F)c(F)c(F)c1F. The van der Waals surface area contributed by atoms with Gasteiger partial charge in [-0.2, -0.15) is 0 Å². The number of hydrogen-bond acceptors (Lipinski definition) is 1. The van der Waals surface area contributed by atoms with Crippen LogP contribution in [-0.2, 0) is 6.54 Å². The van der Waals surface area contributed by atoms with Crippen molar-refractivity contribution in [2.75, 3.05) is 0 Å². The monoisotopic (exact) mass is 398 g/mol. The first kappa shape index (κ1) is 20.5. The number of halogens is 9. The smallest absolute Gasteiger partial charge is 0.200 e. The van der Waals surface area contributed by atoms with Gasteiger partial charge in [-0.05, 0) is 13.6 Å². The lowest BCUT2D eigenvalue weighted by atomic mass is 10.1. The lowest BCUT2D eigenvalue weighted by molar-refractivity contribution is 0.370. The minimum absolute atomic E-state index is 0.796. The van der Waals surface area contributed by atoms with Crippen molar-refractivity contribution in [1.82, 2.24) is 0 Å². The third-order valence-corrected chi connectivity index (χ3v) is 3.56. The van der Waals surface area contributed by atoms with Crippen molar-refractivity contribution >= 4 is 12.6 Å². The normalized spacial score (nSPS) is 11.9. The molecule has 0 aromatic heterocycles. The highest BCUT2D eigenvalue weighted by Crippen LogP contribution is 2.26. The Morgan fingerprint density at radius 2 is 1.07 bits per heavy atom. The van der Waals surface area contributed by atoms with Gasteiger partial charge in [0.15, 0.2) is 52.4 Å². The molecule has 0 aliphatic carbocycles. The van der Waals surface area contributed by atoms with Crippen molar-refractivity contribution in [1.29, 1.82) is 0 Å². The van der Waals surface area contributed by atoms with Gasteiger partial charge in [0.25, 0.3) is 0 Å². The fourth-order valence-electron chi connectivity index (χ4n) is 2.16. The number of aliphatic imine (C=N–C) groups is 2. The third kappa shape index (κ3) is 3.28. The van der Waals surface area contributed by atoms with Crippen LogP contribution in [0, 0.1) is 59.3 Å². The molecule has 0 aliphatic heterocycles. The molecule has 0 heterocycles. The van der Waals surface area contributed by atoms with Gasteiger partial charge in [0.1, 0.15) is 0 Å². The van der Waals surface area contributed by atoms with Crippen molar-refractivity contribution in [2.24, 2.45) is 9.98 Å². The molecule has 27 heavy (non-hydrogen) atoms. The van der Waals surface area contributed by atoms with E-state index in [0.29, 0.717) is 0 Å². The molecular weight excluding hydrogens is 391 g/mol. The van der Waals surface area contributed by atoms with E-state index in [0.717, 1.165) is 6.92 Å². The molecule has 0 saturated heterocycles. The lowest BCUT2D eigenvalue weighted by Crippen LogP contribution is -2.12. The highest BCUT2D eigenvalue weighted by atomic mass is 19.2. The van der Waals surface area contributed by atoms with Crippen molar-refractivity contribution in [3.63, 3.8) is 0 Å². The van der Waals surface area contributed by atoms with E-state index in [1.54, 1.807) is 0 Å². The molecular formula is C16H7F9N2. The maximum Gasteiger partial charge on any atom is 0.200 e. The molecule has 144 valence electrons. The Morgan fingerprint density at radius 3 is 1.56 bits per heavy atom. The van der Waals surface area contributed by atoms with Gasteiger partial charge in [0.05, 0.1) is 17.7 Å². The predicted octanol–water partition coefficient (Wildman–Crippen LogP) is 4.89. The van der Waals surface area contributed by atoms with E-state index in [4.69, 9.17) is 0 Å². The van der Waals surface area contributed by atoms with Crippen LogP contribution >= 0.6 is 0 Å². The van der Waals surface area contributed by atoms with Gasteiger partial charge < -0.3 is 0 Å². The Bertz CT molecular complexity index is 925. The molecule has 0 radical (unpaired) electrons. The molecule has 0 aliphatic rings. The second kappa shape index (κ2) is 7.41. The summed E-state index contributed by atoms with van der Waals surface area (Å²) in [5.74, 6) is -20.2. The van der Waals surface area contributed by atoms with Gasteiger partial charge in [-0.25, -0.2) is 44.5 Å². The number of nitrogens with zero attached hydrogens (tertiary/aromatic N) is 2. The minimum Gasteiger partial charge on any atom is -0.261 e. The minimum atomic E-state index is -2.40. The molecule has 0 amide bonds. The van der Waals surface area contributed by atoms with Crippen molar-refractivity contribution < 1.29 is 39.5 Å². The van der Waals surface area contributed by atoms with Crippen LogP contribution in [0.15, 0.2) is 9.98 Å². The molecule has 2 rings (SSSR count). The summed E-state index contributed by atoms with van der Waals surface area (Å²) in [4.78, 5) is 6.43. The largest absolute Gasteiger partial charge is 0.261 e. The molecule has 0 spiro atoms. The summed E-state index contributed by atoms with van der Waals surface area (Å²) in [5, 5.41) is 0. The van der Waals surface area contributed by atoms with Gasteiger partial charge in [0.2, 0.25) is 5.82 Å². The van der Waals surface area contributed by atoms with Gasteiger partial charge in [-0.1, -0.05) is 0 Å². The summed E-state index contributed by atoms with van der Waals surface area (Å²) >= 11 is 0. The second-order valence-corrected chi connectivity index (χ2v) is 5.10. The van der Waals surface area contributed by atoms with Gasteiger partial charge in [-0.15, -0.1) is 0 Å². The van der Waals surface area contributed by atoms with Crippen molar-refractivity contribution in [3.8, 4) is 0 Å². The van der Waals surface area contributed by atoms with Crippen LogP contribution in [0.1, 0.15) is 16.7 Å². The van der Waals surface area contributed by atoms with E-state index in [-0.39, 0.29) is 0 Å². The highest BCUT2D eigenvalue weighted by molar-refractivity contribution is 6.02. The quantitative estimate of drug-likeness (QED) is 0.231. The van der Waals surface area contributed by atoms with Gasteiger partial charge in [0, 0.05) is 5.56 Å². The zero-order valence-electron chi connectivity index (χ0n) is 13.2. The van der Waals surface area contributed by atoms with Crippen LogP contribution in [0.4, 0.5) is 39.5 Å². The summed E-state index contributed by atoms with van der Waals surface area (Å²) < 4.78 is 121. The number of rotatable bonds is 3. The van der Waals surface area contributed by atoms with Crippen LogP contribution < -0.4 is 0 Å². The Balaban J connectivity index is 2.63. The van der Waals surface area contributed by atoms with Gasteiger partial charge >= 0.3 is 0 Å². The molecule has 0 saturated carbocycles. The van der Waals surface area contributed by atoms with Gasteiger partial charge in [-0.3, -0.25) is 4.99 Å². The second-order valence-electron chi connectivity index (χ2n) is 5.10. The molecule has 0 atom stereocenters. The molecule has 0 N–H and O–H groups in total. The molecule has 0 fully saturated rings. The summed E-state index contributed by atoms with van der Waals surface area (Å²) in [6, 6.07) is 0. The van der Waals surface area contributed by atoms with Crippen LogP contribution in [0.25, 0.3) is 0 Å². The zero-order chi connectivity index (χ0) is 20.6. The summed E-state index contributed by atoms with van der Waals surface area (Å²) in [5.41, 5.74) is -3.21. The standard InChI is InChI=1S/C16H7F9N2/c1-4-6(10(20)14(24)11(21)7(4)17)16(26-2)27-3-5-8(18)12(22)15(25)13(23)9(5)19/h2-3H2,1H3/b27-16-. The summed E-state index contributed by atoms with van der Waals surface area (Å²) in [7, 11) is 0. The molecule has 2 aromatic rings. The first-order valence-corrected chi connectivity index (χ1v) is 6.88. The Kier molecular flexibility index (Phi) is 5.62. The Hall–Kier alpha value is -2.85. The first-order chi connectivity index (χ1) is 12.5. The maximum absolute atomic E-state index is 13.9. The highest BCUT2D eigenvalue weighted by Gasteiger charge is 2.27. The van der Waals surface area contributed by atoms with E-state index >= 15 is 0 Å². The topological polar surface area (TPSA) is 24.7 Å². The van der Waals surface area contributed by atoms with E-state index in [9.17, 15) is 39.5 Å². The Morgan fingerprint density at radius 1 is 0.667 bits per heavy atom. The van der Waals surface area contributed by atoms with E-state index < -0.39 is 81.4 Å². The van der Waals surface area contributed by atoms with Crippen molar-refractivity contribution in [2.45, 2.75) is 13.5 Å². The third-order valence-electron chi connectivity index (χ3n) is 3.56. The molecule has 2 aromatic carbocycles. The average molecular weight is 398 g/mol. The number of benzene rings is 2.